The van der Waals surface area contributed by atoms with Crippen LogP contribution in [0.4, 0.5) is 8.78 Å². The molecule has 0 bridgehead atoms. The molecule has 0 aliphatic rings. The number of oxazole rings is 1. The predicted octanol–water partition coefficient (Wildman–Crippen LogP) is 6.43. The third kappa shape index (κ3) is 7.59. The highest BCUT2D eigenvalue weighted by Gasteiger charge is 2.24. The third-order valence-electron chi connectivity index (χ3n) is 7.81. The lowest BCUT2D eigenvalue weighted by atomic mass is 9.99. The van der Waals surface area contributed by atoms with E-state index in [1.54, 1.807) is 12.3 Å². The summed E-state index contributed by atoms with van der Waals surface area (Å²) < 4.78 is 35.8. The lowest BCUT2D eigenvalue weighted by Crippen LogP contribution is -2.48. The molecule has 2 heterocycles. The van der Waals surface area contributed by atoms with Crippen molar-refractivity contribution in [2.75, 3.05) is 6.54 Å². The van der Waals surface area contributed by atoms with Crippen LogP contribution in [-0.2, 0) is 25.9 Å². The highest BCUT2D eigenvalue weighted by molar-refractivity contribution is 6.03. The minimum absolute atomic E-state index is 0.0241. The van der Waals surface area contributed by atoms with Crippen molar-refractivity contribution in [1.29, 1.82) is 0 Å². The molecule has 2 aromatic heterocycles. The van der Waals surface area contributed by atoms with Crippen LogP contribution in [-0.4, -0.2) is 39.3 Å². The van der Waals surface area contributed by atoms with E-state index in [-0.39, 0.29) is 13.0 Å². The minimum Gasteiger partial charge on any atom is -0.445 e. The van der Waals surface area contributed by atoms with E-state index < -0.39 is 29.7 Å². The molecule has 0 unspecified atom stereocenters. The van der Waals surface area contributed by atoms with Crippen molar-refractivity contribution in [2.24, 2.45) is 0 Å². The first-order valence-electron chi connectivity index (χ1n) is 15.1. The van der Waals surface area contributed by atoms with Crippen LogP contribution in [0.2, 0.25) is 0 Å². The Labute approximate surface area is 255 Å². The molecule has 2 atom stereocenters. The standard InChI is InChI=1S/C35H38F2N4O3/c1-3-5-11-41-12-9-29-30(35-39-10-13-44-35)18-26(19-32(29)41)34(43)40-31(17-25-15-27(36)20-28(37)16-25)33(42)22-38-21-24-8-6-7-23(4-2)14-24/h6-10,12-16,18-20,31,33,38,42H,3-5,11,17,21-22H2,1-2H3,(H,40,43)/t31-,33+/m0/s1. The summed E-state index contributed by atoms with van der Waals surface area (Å²) in [5.41, 5.74) is 4.50. The number of aliphatic hydroxyl groups is 1. The number of fused-ring (bicyclic) bond motifs is 1. The van der Waals surface area contributed by atoms with Crippen molar-refractivity contribution in [2.45, 2.75) is 64.8 Å². The zero-order valence-corrected chi connectivity index (χ0v) is 25.0. The number of nitrogens with one attached hydrogen (secondary N) is 2. The SMILES string of the molecule is CCCCn1ccc2c(-c3ncco3)cc(C(=O)N[C@@H](Cc3cc(F)cc(F)c3)[C@H](O)CNCc3cccc(CC)c3)cc21. The average Bonchev–Trinajstić information content (AvgIpc) is 3.69. The molecule has 0 aliphatic heterocycles. The van der Waals surface area contributed by atoms with Gasteiger partial charge in [-0.25, -0.2) is 13.8 Å². The number of aliphatic hydroxyl groups excluding tert-OH is 1. The maximum Gasteiger partial charge on any atom is 0.251 e. The van der Waals surface area contributed by atoms with Gasteiger partial charge in [-0.05, 0) is 66.3 Å². The Bertz CT molecular complexity index is 1680. The van der Waals surface area contributed by atoms with Gasteiger partial charge in [0.2, 0.25) is 5.89 Å². The number of benzene rings is 3. The molecule has 7 nitrogen and oxygen atoms in total. The van der Waals surface area contributed by atoms with Crippen LogP contribution >= 0.6 is 0 Å². The fourth-order valence-corrected chi connectivity index (χ4v) is 5.47. The molecule has 3 N–H and O–H groups in total. The molecule has 0 aliphatic carbocycles. The summed E-state index contributed by atoms with van der Waals surface area (Å²) in [5, 5.41) is 18.4. The van der Waals surface area contributed by atoms with Gasteiger partial charge in [0.25, 0.3) is 5.91 Å². The van der Waals surface area contributed by atoms with Gasteiger partial charge in [-0.2, -0.15) is 0 Å². The molecule has 0 spiro atoms. The lowest BCUT2D eigenvalue weighted by Gasteiger charge is -2.25. The summed E-state index contributed by atoms with van der Waals surface area (Å²) in [6, 6.07) is 16.1. The van der Waals surface area contributed by atoms with Crippen molar-refractivity contribution < 1.29 is 23.1 Å². The minimum atomic E-state index is -1.05. The number of hydrogen-bond donors (Lipinski definition) is 3. The molecular formula is C35H38F2N4O3. The van der Waals surface area contributed by atoms with Crippen LogP contribution in [0.5, 0.6) is 0 Å². The lowest BCUT2D eigenvalue weighted by molar-refractivity contribution is 0.0830. The summed E-state index contributed by atoms with van der Waals surface area (Å²) in [6.07, 6.45) is 6.91. The normalized spacial score (nSPS) is 12.8. The topological polar surface area (TPSA) is 92.3 Å². The van der Waals surface area contributed by atoms with Crippen LogP contribution in [0.3, 0.4) is 0 Å². The Kier molecular flexibility index (Phi) is 10.2. The molecule has 0 saturated heterocycles. The van der Waals surface area contributed by atoms with Crippen molar-refractivity contribution in [1.82, 2.24) is 20.2 Å². The van der Waals surface area contributed by atoms with Gasteiger partial charge in [0.1, 0.15) is 17.9 Å². The zero-order chi connectivity index (χ0) is 31.1. The quantitative estimate of drug-likeness (QED) is 0.137. The van der Waals surface area contributed by atoms with E-state index in [0.29, 0.717) is 29.1 Å². The van der Waals surface area contributed by atoms with Crippen LogP contribution < -0.4 is 10.6 Å². The van der Waals surface area contributed by atoms with Gasteiger partial charge in [-0.3, -0.25) is 4.79 Å². The van der Waals surface area contributed by atoms with E-state index in [9.17, 15) is 18.7 Å². The van der Waals surface area contributed by atoms with Crippen molar-refractivity contribution in [3.63, 3.8) is 0 Å². The van der Waals surface area contributed by atoms with Gasteiger partial charge < -0.3 is 24.7 Å². The van der Waals surface area contributed by atoms with E-state index in [0.717, 1.165) is 48.3 Å². The van der Waals surface area contributed by atoms with E-state index in [2.05, 4.69) is 46.2 Å². The fraction of sp³-hybridized carbons (Fsp3) is 0.314. The average molecular weight is 601 g/mol. The summed E-state index contributed by atoms with van der Waals surface area (Å²) in [7, 11) is 0. The molecule has 9 heteroatoms. The Morgan fingerprint density at radius 2 is 1.82 bits per heavy atom. The maximum absolute atomic E-state index is 14.1. The molecule has 0 saturated carbocycles. The van der Waals surface area contributed by atoms with Gasteiger partial charge in [0.05, 0.1) is 18.3 Å². The first kappa shape index (κ1) is 31.1. The van der Waals surface area contributed by atoms with Gasteiger partial charge >= 0.3 is 0 Å². The molecule has 0 fully saturated rings. The Balaban J connectivity index is 1.41. The number of hydrogen-bond acceptors (Lipinski definition) is 5. The molecule has 0 radical (unpaired) electrons. The number of carbonyl (C=O) groups excluding carboxylic acids is 1. The number of aryl methyl sites for hydroxylation is 2. The molecule has 44 heavy (non-hydrogen) atoms. The number of unbranched alkanes of at least 4 members (excludes halogenated alkanes) is 1. The highest BCUT2D eigenvalue weighted by Crippen LogP contribution is 2.31. The van der Waals surface area contributed by atoms with Crippen LogP contribution in [0.15, 0.2) is 83.7 Å². The molecule has 230 valence electrons. The first-order valence-corrected chi connectivity index (χ1v) is 15.1. The maximum atomic E-state index is 14.1. The summed E-state index contributed by atoms with van der Waals surface area (Å²) in [6.45, 7) is 5.67. The number of carbonyl (C=O) groups is 1. The second-order valence-corrected chi connectivity index (χ2v) is 11.1. The number of nitrogens with zero attached hydrogens (tertiary/aromatic N) is 2. The summed E-state index contributed by atoms with van der Waals surface area (Å²) in [4.78, 5) is 18.1. The second kappa shape index (κ2) is 14.4. The molecule has 5 rings (SSSR count). The molecule has 5 aromatic rings. The van der Waals surface area contributed by atoms with Crippen molar-refractivity contribution in [3.05, 3.63) is 113 Å². The van der Waals surface area contributed by atoms with Crippen molar-refractivity contribution in [3.8, 4) is 11.5 Å². The molecule has 3 aromatic carbocycles. The summed E-state index contributed by atoms with van der Waals surface area (Å²) >= 11 is 0. The first-order chi connectivity index (χ1) is 21.3. The van der Waals surface area contributed by atoms with Gasteiger partial charge in [0.15, 0.2) is 0 Å². The van der Waals surface area contributed by atoms with Crippen LogP contribution in [0, 0.1) is 11.6 Å². The van der Waals surface area contributed by atoms with E-state index in [1.807, 2.05) is 30.5 Å². The highest BCUT2D eigenvalue weighted by atomic mass is 19.1. The fourth-order valence-electron chi connectivity index (χ4n) is 5.47. The molecular weight excluding hydrogens is 562 g/mol. The Hall–Kier alpha value is -4.34. The number of aromatic nitrogens is 2. The zero-order valence-electron chi connectivity index (χ0n) is 25.0. The van der Waals surface area contributed by atoms with Gasteiger partial charge in [0, 0.05) is 53.9 Å². The number of amides is 1. The van der Waals surface area contributed by atoms with E-state index in [1.165, 1.54) is 24.0 Å². The van der Waals surface area contributed by atoms with E-state index >= 15 is 0 Å². The van der Waals surface area contributed by atoms with Crippen molar-refractivity contribution >= 4 is 16.8 Å². The monoisotopic (exact) mass is 600 g/mol. The molecule has 1 amide bonds. The van der Waals surface area contributed by atoms with E-state index in [4.69, 9.17) is 4.42 Å². The largest absolute Gasteiger partial charge is 0.445 e. The summed E-state index contributed by atoms with van der Waals surface area (Å²) in [5.74, 6) is -1.48. The Morgan fingerprint density at radius 3 is 2.55 bits per heavy atom. The van der Waals surface area contributed by atoms with Gasteiger partial charge in [-0.15, -0.1) is 0 Å². The number of rotatable bonds is 14. The second-order valence-electron chi connectivity index (χ2n) is 11.1. The smallest absolute Gasteiger partial charge is 0.251 e. The predicted molar refractivity (Wildman–Crippen MR) is 167 cm³/mol. The van der Waals surface area contributed by atoms with Gasteiger partial charge in [-0.1, -0.05) is 44.5 Å². The Morgan fingerprint density at radius 1 is 1.02 bits per heavy atom. The van der Waals surface area contributed by atoms with Crippen LogP contribution in [0.1, 0.15) is 53.7 Å². The van der Waals surface area contributed by atoms with Crippen LogP contribution in [0.25, 0.3) is 22.4 Å². The third-order valence-corrected chi connectivity index (χ3v) is 7.81. The number of halogens is 2.